The number of likely N-dealkylation sites (N-methyl/N-ethyl adjacent to an activating group) is 1. The van der Waals surface area contributed by atoms with Crippen LogP contribution in [-0.2, 0) is 0 Å². The first-order chi connectivity index (χ1) is 9.63. The molecule has 1 aromatic heterocycles. The molecule has 0 bridgehead atoms. The SMILES string of the molecule is CCCNc1cc(N2CCN(C)C(C)C2)nc(SC)n1. The van der Waals surface area contributed by atoms with E-state index < -0.39 is 0 Å². The Morgan fingerprint density at radius 2 is 2.20 bits per heavy atom. The first-order valence-corrected chi connectivity index (χ1v) is 8.48. The van der Waals surface area contributed by atoms with Crippen LogP contribution in [0.15, 0.2) is 11.2 Å². The third-order valence-electron chi connectivity index (χ3n) is 3.71. The number of thioether (sulfide) groups is 1. The van der Waals surface area contributed by atoms with E-state index in [1.807, 2.05) is 6.26 Å². The summed E-state index contributed by atoms with van der Waals surface area (Å²) in [4.78, 5) is 13.9. The quantitative estimate of drug-likeness (QED) is 0.663. The Morgan fingerprint density at radius 3 is 2.85 bits per heavy atom. The highest BCUT2D eigenvalue weighted by atomic mass is 32.2. The minimum atomic E-state index is 0.559. The summed E-state index contributed by atoms with van der Waals surface area (Å²) < 4.78 is 0. The van der Waals surface area contributed by atoms with Gasteiger partial charge in [-0.25, -0.2) is 9.97 Å². The average molecular weight is 295 g/mol. The second-order valence-electron chi connectivity index (χ2n) is 5.30. The highest BCUT2D eigenvalue weighted by molar-refractivity contribution is 7.98. The van der Waals surface area contributed by atoms with Crippen LogP contribution >= 0.6 is 11.8 Å². The fourth-order valence-corrected chi connectivity index (χ4v) is 2.64. The molecule has 1 N–H and O–H groups in total. The maximum atomic E-state index is 4.66. The van der Waals surface area contributed by atoms with Crippen molar-refractivity contribution in [1.82, 2.24) is 14.9 Å². The molecular formula is C14H25N5S. The molecule has 1 unspecified atom stereocenters. The van der Waals surface area contributed by atoms with E-state index in [0.717, 1.165) is 49.4 Å². The Labute approximate surface area is 126 Å². The lowest BCUT2D eigenvalue weighted by molar-refractivity contribution is 0.233. The van der Waals surface area contributed by atoms with Crippen molar-refractivity contribution in [2.24, 2.45) is 0 Å². The third kappa shape index (κ3) is 3.76. The van der Waals surface area contributed by atoms with Gasteiger partial charge in [0.2, 0.25) is 0 Å². The number of nitrogens with one attached hydrogen (secondary N) is 1. The van der Waals surface area contributed by atoms with Gasteiger partial charge in [0, 0.05) is 38.3 Å². The Hall–Kier alpha value is -1.01. The summed E-state index contributed by atoms with van der Waals surface area (Å²) in [6.07, 6.45) is 3.12. The zero-order chi connectivity index (χ0) is 14.5. The second kappa shape index (κ2) is 7.13. The van der Waals surface area contributed by atoms with E-state index in [9.17, 15) is 0 Å². The van der Waals surface area contributed by atoms with E-state index in [-0.39, 0.29) is 0 Å². The third-order valence-corrected chi connectivity index (χ3v) is 4.26. The molecule has 1 saturated heterocycles. The zero-order valence-corrected chi connectivity index (χ0v) is 13.7. The van der Waals surface area contributed by atoms with Crippen LogP contribution in [0.2, 0.25) is 0 Å². The van der Waals surface area contributed by atoms with E-state index in [0.29, 0.717) is 6.04 Å². The van der Waals surface area contributed by atoms with Gasteiger partial charge in [-0.15, -0.1) is 0 Å². The molecular weight excluding hydrogens is 270 g/mol. The highest BCUT2D eigenvalue weighted by Crippen LogP contribution is 2.22. The fourth-order valence-electron chi connectivity index (χ4n) is 2.27. The van der Waals surface area contributed by atoms with E-state index in [1.165, 1.54) is 0 Å². The van der Waals surface area contributed by atoms with Crippen LogP contribution in [0.5, 0.6) is 0 Å². The molecule has 1 aliphatic heterocycles. The van der Waals surface area contributed by atoms with Crippen LogP contribution in [0.4, 0.5) is 11.6 Å². The molecule has 112 valence electrons. The zero-order valence-electron chi connectivity index (χ0n) is 12.9. The highest BCUT2D eigenvalue weighted by Gasteiger charge is 2.22. The number of rotatable bonds is 5. The summed E-state index contributed by atoms with van der Waals surface area (Å²) in [5.41, 5.74) is 0. The molecule has 0 aromatic carbocycles. The number of hydrogen-bond donors (Lipinski definition) is 1. The van der Waals surface area contributed by atoms with Crippen LogP contribution in [-0.4, -0.2) is 60.4 Å². The summed E-state index contributed by atoms with van der Waals surface area (Å²) in [7, 11) is 2.18. The maximum absolute atomic E-state index is 4.66. The molecule has 1 fully saturated rings. The maximum Gasteiger partial charge on any atom is 0.191 e. The normalized spacial score (nSPS) is 20.2. The molecule has 0 spiro atoms. The molecule has 1 aromatic rings. The van der Waals surface area contributed by atoms with E-state index >= 15 is 0 Å². The molecule has 0 amide bonds. The lowest BCUT2D eigenvalue weighted by Crippen LogP contribution is -2.50. The second-order valence-corrected chi connectivity index (χ2v) is 6.07. The van der Waals surface area contributed by atoms with Crippen molar-refractivity contribution in [2.75, 3.05) is 49.7 Å². The van der Waals surface area contributed by atoms with Gasteiger partial charge in [0.05, 0.1) is 0 Å². The van der Waals surface area contributed by atoms with E-state index in [1.54, 1.807) is 11.8 Å². The van der Waals surface area contributed by atoms with Gasteiger partial charge in [-0.3, -0.25) is 0 Å². The van der Waals surface area contributed by atoms with Gasteiger partial charge in [-0.1, -0.05) is 18.7 Å². The molecule has 6 heteroatoms. The van der Waals surface area contributed by atoms with Gasteiger partial charge >= 0.3 is 0 Å². The monoisotopic (exact) mass is 295 g/mol. The molecule has 20 heavy (non-hydrogen) atoms. The molecule has 2 rings (SSSR count). The standard InChI is InChI=1S/C14H25N5S/c1-5-6-15-12-9-13(17-14(16-12)20-4)19-8-7-18(3)11(2)10-19/h9,11H,5-8,10H2,1-4H3,(H,15,16,17). The van der Waals surface area contributed by atoms with Gasteiger partial charge in [-0.2, -0.15) is 0 Å². The molecule has 1 aliphatic rings. The topological polar surface area (TPSA) is 44.3 Å². The number of nitrogens with zero attached hydrogens (tertiary/aromatic N) is 4. The van der Waals surface area contributed by atoms with Crippen molar-refractivity contribution in [3.05, 3.63) is 6.07 Å². The van der Waals surface area contributed by atoms with Crippen LogP contribution < -0.4 is 10.2 Å². The van der Waals surface area contributed by atoms with Gasteiger partial charge < -0.3 is 15.1 Å². The Bertz CT molecular complexity index is 440. The fraction of sp³-hybridized carbons (Fsp3) is 0.714. The molecule has 0 saturated carbocycles. The first kappa shape index (κ1) is 15.4. The summed E-state index contributed by atoms with van der Waals surface area (Å²) in [6.45, 7) is 8.50. The van der Waals surface area contributed by atoms with Crippen LogP contribution in [0.3, 0.4) is 0 Å². The van der Waals surface area contributed by atoms with Crippen LogP contribution in [0.25, 0.3) is 0 Å². The summed E-state index contributed by atoms with van der Waals surface area (Å²) in [5.74, 6) is 1.98. The van der Waals surface area contributed by atoms with E-state index in [2.05, 4.69) is 52.0 Å². The van der Waals surface area contributed by atoms with Gasteiger partial charge in [-0.05, 0) is 26.6 Å². The van der Waals surface area contributed by atoms with Crippen molar-refractivity contribution < 1.29 is 0 Å². The molecule has 1 atom stereocenters. The molecule has 0 aliphatic carbocycles. The predicted octanol–water partition coefficient (Wildman–Crippen LogP) is 2.16. The van der Waals surface area contributed by atoms with Crippen LogP contribution in [0, 0.1) is 0 Å². The summed E-state index contributed by atoms with van der Waals surface area (Å²) >= 11 is 1.60. The first-order valence-electron chi connectivity index (χ1n) is 7.26. The average Bonchev–Trinajstić information content (AvgIpc) is 2.47. The molecule has 2 heterocycles. The Morgan fingerprint density at radius 1 is 1.40 bits per heavy atom. The Kier molecular flexibility index (Phi) is 5.48. The van der Waals surface area contributed by atoms with Gasteiger partial charge in [0.15, 0.2) is 5.16 Å². The van der Waals surface area contributed by atoms with Gasteiger partial charge in [0.25, 0.3) is 0 Å². The van der Waals surface area contributed by atoms with Crippen molar-refractivity contribution in [1.29, 1.82) is 0 Å². The van der Waals surface area contributed by atoms with Crippen molar-refractivity contribution in [3.8, 4) is 0 Å². The van der Waals surface area contributed by atoms with Gasteiger partial charge in [0.1, 0.15) is 11.6 Å². The molecule has 5 nitrogen and oxygen atoms in total. The smallest absolute Gasteiger partial charge is 0.191 e. The van der Waals surface area contributed by atoms with E-state index in [4.69, 9.17) is 0 Å². The van der Waals surface area contributed by atoms with Crippen molar-refractivity contribution in [2.45, 2.75) is 31.5 Å². The summed E-state index contributed by atoms with van der Waals surface area (Å²) in [6, 6.07) is 2.64. The number of piperazine rings is 1. The minimum Gasteiger partial charge on any atom is -0.370 e. The molecule has 0 radical (unpaired) electrons. The number of aromatic nitrogens is 2. The summed E-state index contributed by atoms with van der Waals surface area (Å²) in [5, 5.41) is 4.21. The number of hydrogen-bond acceptors (Lipinski definition) is 6. The lowest BCUT2D eigenvalue weighted by Gasteiger charge is -2.38. The van der Waals surface area contributed by atoms with Crippen molar-refractivity contribution >= 4 is 23.4 Å². The minimum absolute atomic E-state index is 0.559. The Balaban J connectivity index is 2.17. The van der Waals surface area contributed by atoms with Crippen LogP contribution in [0.1, 0.15) is 20.3 Å². The number of anilines is 2. The van der Waals surface area contributed by atoms with Crippen molar-refractivity contribution in [3.63, 3.8) is 0 Å². The predicted molar refractivity (Wildman–Crippen MR) is 86.9 cm³/mol. The lowest BCUT2D eigenvalue weighted by atomic mass is 10.2. The largest absolute Gasteiger partial charge is 0.370 e.